The largest absolute Gasteiger partial charge is 0.484 e. The van der Waals surface area contributed by atoms with Crippen LogP contribution in [0.2, 0.25) is 0 Å². The number of fused-ring (bicyclic) bond motifs is 1. The summed E-state index contributed by atoms with van der Waals surface area (Å²) in [5, 5.41) is 2.67. The van der Waals surface area contributed by atoms with Crippen molar-refractivity contribution in [2.24, 2.45) is 0 Å². The molecule has 1 heterocycles. The summed E-state index contributed by atoms with van der Waals surface area (Å²) in [5.74, 6) is 0.0890. The van der Waals surface area contributed by atoms with Crippen molar-refractivity contribution in [2.45, 2.75) is 36.6 Å². The number of anilines is 1. The van der Waals surface area contributed by atoms with Gasteiger partial charge < -0.3 is 10.1 Å². The number of sulfone groups is 1. The maximum absolute atomic E-state index is 12.5. The monoisotopic (exact) mass is 464 g/mol. The third-order valence-corrected chi connectivity index (χ3v) is 8.75. The molecule has 0 unspecified atom stereocenters. The summed E-state index contributed by atoms with van der Waals surface area (Å²) in [6.45, 7) is -0.156. The van der Waals surface area contributed by atoms with E-state index in [1.54, 1.807) is 0 Å². The first-order chi connectivity index (χ1) is 14.7. The highest BCUT2D eigenvalue weighted by Gasteiger charge is 2.31. The highest BCUT2D eigenvalue weighted by atomic mass is 32.2. The SMILES string of the molecule is O=C(COc1ccc2c(c1)CCC2)Nc1ccc(S(=O)(=O)N[C@H]2CCS(=O)(=O)C2)cc1. The first-order valence-corrected chi connectivity index (χ1v) is 13.4. The van der Waals surface area contributed by atoms with Crippen molar-refractivity contribution < 1.29 is 26.4 Å². The van der Waals surface area contributed by atoms with Gasteiger partial charge in [0.05, 0.1) is 16.4 Å². The van der Waals surface area contributed by atoms with E-state index in [0.29, 0.717) is 11.4 Å². The van der Waals surface area contributed by atoms with Crippen molar-refractivity contribution in [3.05, 3.63) is 53.6 Å². The van der Waals surface area contributed by atoms with Crippen molar-refractivity contribution in [3.8, 4) is 5.75 Å². The molecule has 8 nitrogen and oxygen atoms in total. The number of benzene rings is 2. The van der Waals surface area contributed by atoms with Gasteiger partial charge in [-0.2, -0.15) is 0 Å². The zero-order chi connectivity index (χ0) is 22.1. The quantitative estimate of drug-likeness (QED) is 0.643. The number of carbonyl (C=O) groups is 1. The number of sulfonamides is 1. The number of ether oxygens (including phenoxy) is 1. The van der Waals surface area contributed by atoms with Crippen LogP contribution in [0.1, 0.15) is 24.0 Å². The smallest absolute Gasteiger partial charge is 0.262 e. The van der Waals surface area contributed by atoms with E-state index in [1.807, 2.05) is 18.2 Å². The van der Waals surface area contributed by atoms with E-state index >= 15 is 0 Å². The van der Waals surface area contributed by atoms with Crippen LogP contribution in [0.15, 0.2) is 47.4 Å². The van der Waals surface area contributed by atoms with E-state index in [9.17, 15) is 21.6 Å². The average Bonchev–Trinajstić information content (AvgIpc) is 3.31. The van der Waals surface area contributed by atoms with Crippen LogP contribution < -0.4 is 14.8 Å². The summed E-state index contributed by atoms with van der Waals surface area (Å²) in [5.41, 5.74) is 3.03. The van der Waals surface area contributed by atoms with E-state index in [1.165, 1.54) is 35.4 Å². The van der Waals surface area contributed by atoms with Crippen LogP contribution in [0.3, 0.4) is 0 Å². The van der Waals surface area contributed by atoms with Crippen molar-refractivity contribution in [2.75, 3.05) is 23.4 Å². The lowest BCUT2D eigenvalue weighted by molar-refractivity contribution is -0.118. The van der Waals surface area contributed by atoms with E-state index in [0.717, 1.165) is 19.3 Å². The third kappa shape index (κ3) is 5.44. The number of hydrogen-bond acceptors (Lipinski definition) is 6. The highest BCUT2D eigenvalue weighted by molar-refractivity contribution is 7.92. The van der Waals surface area contributed by atoms with E-state index < -0.39 is 25.9 Å². The molecule has 2 aromatic rings. The summed E-state index contributed by atoms with van der Waals surface area (Å²) in [6.07, 6.45) is 3.51. The lowest BCUT2D eigenvalue weighted by atomic mass is 10.1. The molecule has 0 saturated carbocycles. The third-order valence-electron chi connectivity index (χ3n) is 5.44. The minimum atomic E-state index is -3.84. The van der Waals surface area contributed by atoms with Crippen LogP contribution in [-0.4, -0.2) is 46.9 Å². The Hall–Kier alpha value is -2.43. The molecule has 166 valence electrons. The number of rotatable bonds is 7. The molecule has 0 aromatic heterocycles. The van der Waals surface area contributed by atoms with Crippen LogP contribution in [-0.2, 0) is 37.5 Å². The van der Waals surface area contributed by atoms with Gasteiger partial charge in [-0.1, -0.05) is 6.07 Å². The molecule has 2 N–H and O–H groups in total. The van der Waals surface area contributed by atoms with E-state index in [2.05, 4.69) is 10.0 Å². The minimum Gasteiger partial charge on any atom is -0.484 e. The van der Waals surface area contributed by atoms with Crippen molar-refractivity contribution in [3.63, 3.8) is 0 Å². The predicted molar refractivity (Wildman–Crippen MR) is 116 cm³/mol. The lowest BCUT2D eigenvalue weighted by Gasteiger charge is -2.12. The molecule has 0 bridgehead atoms. The molecule has 0 spiro atoms. The fourth-order valence-electron chi connectivity index (χ4n) is 3.88. The Morgan fingerprint density at radius 2 is 1.81 bits per heavy atom. The number of aryl methyl sites for hydroxylation is 2. The summed E-state index contributed by atoms with van der Waals surface area (Å²) in [6, 6.07) is 10.9. The van der Waals surface area contributed by atoms with Crippen molar-refractivity contribution in [1.29, 1.82) is 0 Å². The summed E-state index contributed by atoms with van der Waals surface area (Å²) >= 11 is 0. The zero-order valence-corrected chi connectivity index (χ0v) is 18.5. The van der Waals surface area contributed by atoms with Gasteiger partial charge in [-0.05, 0) is 73.2 Å². The van der Waals surface area contributed by atoms with Gasteiger partial charge in [0.1, 0.15) is 5.75 Å². The molecular formula is C21H24N2O6S2. The zero-order valence-electron chi connectivity index (χ0n) is 16.8. The lowest BCUT2D eigenvalue weighted by Crippen LogP contribution is -2.35. The van der Waals surface area contributed by atoms with Gasteiger partial charge in [0.2, 0.25) is 10.0 Å². The number of amides is 1. The van der Waals surface area contributed by atoms with Crippen LogP contribution in [0.4, 0.5) is 5.69 Å². The molecule has 2 aliphatic rings. The molecule has 1 fully saturated rings. The van der Waals surface area contributed by atoms with Gasteiger partial charge in [-0.3, -0.25) is 4.79 Å². The van der Waals surface area contributed by atoms with Gasteiger partial charge >= 0.3 is 0 Å². The Morgan fingerprint density at radius 1 is 1.06 bits per heavy atom. The minimum absolute atomic E-state index is 0.00388. The molecule has 31 heavy (non-hydrogen) atoms. The number of carbonyl (C=O) groups excluding carboxylic acids is 1. The van der Waals surface area contributed by atoms with Gasteiger partial charge in [0, 0.05) is 11.7 Å². The fraction of sp³-hybridized carbons (Fsp3) is 0.381. The molecule has 1 aliphatic heterocycles. The number of nitrogens with one attached hydrogen (secondary N) is 2. The van der Waals surface area contributed by atoms with Gasteiger partial charge in [-0.15, -0.1) is 0 Å². The van der Waals surface area contributed by atoms with Gasteiger partial charge in [0.25, 0.3) is 5.91 Å². The standard InChI is InChI=1S/C21H24N2O6S2/c24-21(13-29-19-7-4-15-2-1-3-16(15)12-19)22-17-5-8-20(9-6-17)31(27,28)23-18-10-11-30(25,26)14-18/h4-9,12,18,23H,1-3,10-11,13-14H2,(H,22,24)/t18-/m0/s1. The maximum atomic E-state index is 12.5. The van der Waals surface area contributed by atoms with Crippen molar-refractivity contribution in [1.82, 2.24) is 4.72 Å². The van der Waals surface area contributed by atoms with Crippen LogP contribution in [0.25, 0.3) is 0 Å². The number of hydrogen-bond donors (Lipinski definition) is 2. The Kier molecular flexibility index (Phi) is 6.05. The Balaban J connectivity index is 1.31. The highest BCUT2D eigenvalue weighted by Crippen LogP contribution is 2.26. The van der Waals surface area contributed by atoms with E-state index in [4.69, 9.17) is 4.74 Å². The van der Waals surface area contributed by atoms with Gasteiger partial charge in [0.15, 0.2) is 16.4 Å². The Morgan fingerprint density at radius 3 is 2.52 bits per heavy atom. The van der Waals surface area contributed by atoms with Crippen LogP contribution >= 0.6 is 0 Å². The van der Waals surface area contributed by atoms with Crippen LogP contribution in [0, 0.1) is 0 Å². The first kappa shape index (κ1) is 21.8. The maximum Gasteiger partial charge on any atom is 0.262 e. The topological polar surface area (TPSA) is 119 Å². The Bertz CT molecular complexity index is 1190. The fourth-order valence-corrected chi connectivity index (χ4v) is 6.93. The second-order valence-corrected chi connectivity index (χ2v) is 11.8. The van der Waals surface area contributed by atoms with E-state index in [-0.39, 0.29) is 35.3 Å². The van der Waals surface area contributed by atoms with Crippen LogP contribution in [0.5, 0.6) is 5.75 Å². The molecule has 4 rings (SSSR count). The molecule has 1 aliphatic carbocycles. The summed E-state index contributed by atoms with van der Waals surface area (Å²) < 4.78 is 56.0. The first-order valence-electron chi connectivity index (χ1n) is 10.1. The second-order valence-electron chi connectivity index (χ2n) is 7.87. The molecule has 10 heteroatoms. The Labute approximate surface area is 182 Å². The summed E-state index contributed by atoms with van der Waals surface area (Å²) in [7, 11) is -7.03. The van der Waals surface area contributed by atoms with Gasteiger partial charge in [-0.25, -0.2) is 21.6 Å². The summed E-state index contributed by atoms with van der Waals surface area (Å²) in [4.78, 5) is 12.2. The predicted octanol–water partition coefficient (Wildman–Crippen LogP) is 1.66. The molecule has 1 atom stereocenters. The normalized spacial score (nSPS) is 19.7. The molecule has 2 aromatic carbocycles. The molecule has 1 saturated heterocycles. The molecule has 1 amide bonds. The molecule has 0 radical (unpaired) electrons. The molecular weight excluding hydrogens is 440 g/mol. The van der Waals surface area contributed by atoms with Crippen molar-refractivity contribution >= 4 is 31.5 Å². The average molecular weight is 465 g/mol. The second kappa shape index (κ2) is 8.60.